The molecule has 0 heterocycles. The lowest BCUT2D eigenvalue weighted by Gasteiger charge is -2.13. The first-order valence-corrected chi connectivity index (χ1v) is 7.79. The molecule has 0 aliphatic carbocycles. The number of rotatable bonds is 9. The van der Waals surface area contributed by atoms with Crippen LogP contribution in [0.2, 0.25) is 0 Å². The lowest BCUT2D eigenvalue weighted by Crippen LogP contribution is -2.05. The molecule has 102 valence electrons. The number of aryl methyl sites for hydroxylation is 1. The fraction of sp³-hybridized carbons (Fsp3) is 0.600. The third-order valence-electron chi connectivity index (χ3n) is 2.89. The van der Waals surface area contributed by atoms with Gasteiger partial charge in [0.2, 0.25) is 0 Å². The Morgan fingerprint density at radius 1 is 1.22 bits per heavy atom. The molecular formula is C15H24O2S. The fourth-order valence-electron chi connectivity index (χ4n) is 1.87. The second-order valence-corrected chi connectivity index (χ2v) is 5.65. The van der Waals surface area contributed by atoms with Crippen LogP contribution in [0.15, 0.2) is 24.3 Å². The summed E-state index contributed by atoms with van der Waals surface area (Å²) in [5.41, 5.74) is 1.36. The van der Waals surface area contributed by atoms with Crippen molar-refractivity contribution in [2.75, 3.05) is 19.0 Å². The number of hydrogen-bond acceptors (Lipinski definition) is 3. The first-order valence-electron chi connectivity index (χ1n) is 6.74. The molecule has 3 heteroatoms. The van der Waals surface area contributed by atoms with Gasteiger partial charge in [0.15, 0.2) is 0 Å². The molecule has 1 aromatic rings. The lowest BCUT2D eigenvalue weighted by atomic mass is 10.1. The van der Waals surface area contributed by atoms with E-state index in [1.165, 1.54) is 18.4 Å². The number of aliphatic hydroxyl groups is 1. The van der Waals surface area contributed by atoms with Crippen molar-refractivity contribution in [1.29, 1.82) is 0 Å². The summed E-state index contributed by atoms with van der Waals surface area (Å²) in [6, 6.07) is 8.38. The lowest BCUT2D eigenvalue weighted by molar-refractivity contribution is 0.322. The highest BCUT2D eigenvalue weighted by Crippen LogP contribution is 2.21. The monoisotopic (exact) mass is 268 g/mol. The number of aliphatic hydroxyl groups excluding tert-OH is 1. The SMILES string of the molecule is CCOc1ccc(CCC(CC)SCCO)cc1. The smallest absolute Gasteiger partial charge is 0.119 e. The van der Waals surface area contributed by atoms with Gasteiger partial charge in [-0.3, -0.25) is 0 Å². The molecule has 1 unspecified atom stereocenters. The Labute approximate surface area is 115 Å². The maximum absolute atomic E-state index is 8.84. The van der Waals surface area contributed by atoms with Gasteiger partial charge in [0, 0.05) is 11.0 Å². The summed E-state index contributed by atoms with van der Waals surface area (Å²) in [6.07, 6.45) is 3.44. The zero-order valence-corrected chi connectivity index (χ0v) is 12.2. The third kappa shape index (κ3) is 5.78. The molecule has 1 rings (SSSR count). The predicted octanol–water partition coefficient (Wildman–Crippen LogP) is 3.52. The van der Waals surface area contributed by atoms with Crippen LogP contribution in [0.3, 0.4) is 0 Å². The highest BCUT2D eigenvalue weighted by Gasteiger charge is 2.06. The van der Waals surface area contributed by atoms with Gasteiger partial charge in [-0.25, -0.2) is 0 Å². The van der Waals surface area contributed by atoms with E-state index in [4.69, 9.17) is 9.84 Å². The van der Waals surface area contributed by atoms with Gasteiger partial charge in [0.05, 0.1) is 13.2 Å². The Bertz CT molecular complexity index is 311. The Hall–Kier alpha value is -0.670. The standard InChI is InChI=1S/C15H24O2S/c1-3-15(18-12-11-16)10-7-13-5-8-14(9-6-13)17-4-2/h5-6,8-9,15-16H,3-4,7,10-12H2,1-2H3. The Morgan fingerprint density at radius 3 is 2.50 bits per heavy atom. The Kier molecular flexibility index (Phi) is 7.94. The van der Waals surface area contributed by atoms with Gasteiger partial charge in [0.1, 0.15) is 5.75 Å². The van der Waals surface area contributed by atoms with Crippen molar-refractivity contribution < 1.29 is 9.84 Å². The molecule has 18 heavy (non-hydrogen) atoms. The summed E-state index contributed by atoms with van der Waals surface area (Å²) in [5.74, 6) is 1.80. The van der Waals surface area contributed by atoms with Gasteiger partial charge in [0.25, 0.3) is 0 Å². The van der Waals surface area contributed by atoms with E-state index in [1.807, 2.05) is 30.8 Å². The second kappa shape index (κ2) is 9.29. The van der Waals surface area contributed by atoms with Crippen LogP contribution in [0.1, 0.15) is 32.3 Å². The van der Waals surface area contributed by atoms with Gasteiger partial charge >= 0.3 is 0 Å². The number of hydrogen-bond donors (Lipinski definition) is 1. The van der Waals surface area contributed by atoms with Crippen LogP contribution < -0.4 is 4.74 Å². The largest absolute Gasteiger partial charge is 0.494 e. The molecule has 1 N–H and O–H groups in total. The normalized spacial score (nSPS) is 12.4. The highest BCUT2D eigenvalue weighted by atomic mass is 32.2. The van der Waals surface area contributed by atoms with Crippen LogP contribution >= 0.6 is 11.8 Å². The van der Waals surface area contributed by atoms with E-state index < -0.39 is 0 Å². The molecule has 0 aliphatic rings. The van der Waals surface area contributed by atoms with Crippen LogP contribution in [0.4, 0.5) is 0 Å². The average molecular weight is 268 g/mol. The van der Waals surface area contributed by atoms with Crippen LogP contribution in [0.5, 0.6) is 5.75 Å². The Morgan fingerprint density at radius 2 is 1.94 bits per heavy atom. The molecule has 2 nitrogen and oxygen atoms in total. The summed E-state index contributed by atoms with van der Waals surface area (Å²) in [6.45, 7) is 5.21. The first-order chi connectivity index (χ1) is 8.80. The van der Waals surface area contributed by atoms with E-state index in [0.29, 0.717) is 5.25 Å². The fourth-order valence-corrected chi connectivity index (χ4v) is 2.83. The van der Waals surface area contributed by atoms with E-state index in [2.05, 4.69) is 19.1 Å². The summed E-state index contributed by atoms with van der Waals surface area (Å²) in [5, 5.41) is 9.50. The van der Waals surface area contributed by atoms with Crippen molar-refractivity contribution in [3.8, 4) is 5.75 Å². The van der Waals surface area contributed by atoms with Crippen molar-refractivity contribution in [2.45, 2.75) is 38.4 Å². The van der Waals surface area contributed by atoms with Gasteiger partial charge in [-0.15, -0.1) is 0 Å². The van der Waals surface area contributed by atoms with E-state index >= 15 is 0 Å². The summed E-state index contributed by atoms with van der Waals surface area (Å²) in [4.78, 5) is 0. The van der Waals surface area contributed by atoms with E-state index in [9.17, 15) is 0 Å². The maximum Gasteiger partial charge on any atom is 0.119 e. The van der Waals surface area contributed by atoms with E-state index in [0.717, 1.165) is 24.5 Å². The minimum atomic E-state index is 0.282. The van der Waals surface area contributed by atoms with E-state index in [-0.39, 0.29) is 6.61 Å². The van der Waals surface area contributed by atoms with Crippen LogP contribution in [0.25, 0.3) is 0 Å². The van der Waals surface area contributed by atoms with Crippen molar-refractivity contribution in [3.63, 3.8) is 0 Å². The topological polar surface area (TPSA) is 29.5 Å². The van der Waals surface area contributed by atoms with Gasteiger partial charge in [-0.2, -0.15) is 11.8 Å². The zero-order valence-electron chi connectivity index (χ0n) is 11.4. The number of thioether (sulfide) groups is 1. The molecule has 0 bridgehead atoms. The van der Waals surface area contributed by atoms with Crippen LogP contribution in [-0.2, 0) is 6.42 Å². The molecule has 0 amide bonds. The minimum Gasteiger partial charge on any atom is -0.494 e. The third-order valence-corrected chi connectivity index (χ3v) is 4.35. The molecule has 0 radical (unpaired) electrons. The highest BCUT2D eigenvalue weighted by molar-refractivity contribution is 7.99. The molecule has 0 spiro atoms. The number of ether oxygens (including phenoxy) is 1. The van der Waals surface area contributed by atoms with Crippen molar-refractivity contribution >= 4 is 11.8 Å². The minimum absolute atomic E-state index is 0.282. The van der Waals surface area contributed by atoms with Crippen molar-refractivity contribution in [1.82, 2.24) is 0 Å². The summed E-state index contributed by atoms with van der Waals surface area (Å²) >= 11 is 1.88. The molecular weight excluding hydrogens is 244 g/mol. The summed E-state index contributed by atoms with van der Waals surface area (Å²) < 4.78 is 5.43. The van der Waals surface area contributed by atoms with Gasteiger partial charge in [-0.1, -0.05) is 19.1 Å². The van der Waals surface area contributed by atoms with Crippen LogP contribution in [0, 0.1) is 0 Å². The Balaban J connectivity index is 2.37. The number of benzene rings is 1. The molecule has 0 fully saturated rings. The van der Waals surface area contributed by atoms with Gasteiger partial charge in [-0.05, 0) is 43.9 Å². The molecule has 0 aromatic heterocycles. The molecule has 0 saturated heterocycles. The summed E-state index contributed by atoms with van der Waals surface area (Å²) in [7, 11) is 0. The van der Waals surface area contributed by atoms with Crippen molar-refractivity contribution in [2.24, 2.45) is 0 Å². The molecule has 1 aromatic carbocycles. The van der Waals surface area contributed by atoms with E-state index in [1.54, 1.807) is 0 Å². The van der Waals surface area contributed by atoms with Crippen LogP contribution in [-0.4, -0.2) is 29.3 Å². The predicted molar refractivity (Wildman–Crippen MR) is 79.6 cm³/mol. The molecule has 0 saturated carbocycles. The van der Waals surface area contributed by atoms with Gasteiger partial charge < -0.3 is 9.84 Å². The zero-order chi connectivity index (χ0) is 13.2. The molecule has 1 atom stereocenters. The maximum atomic E-state index is 8.84. The molecule has 0 aliphatic heterocycles. The quantitative estimate of drug-likeness (QED) is 0.743. The first kappa shape index (κ1) is 15.4. The van der Waals surface area contributed by atoms with Crippen molar-refractivity contribution in [3.05, 3.63) is 29.8 Å². The second-order valence-electron chi connectivity index (χ2n) is 4.24. The average Bonchev–Trinajstić information content (AvgIpc) is 2.41.